The van der Waals surface area contributed by atoms with Crippen LogP contribution in [0.25, 0.3) is 11.1 Å². The second kappa shape index (κ2) is 6.45. The van der Waals surface area contributed by atoms with Gasteiger partial charge in [0.2, 0.25) is 0 Å². The fourth-order valence-corrected chi connectivity index (χ4v) is 3.62. The second-order valence-electron chi connectivity index (χ2n) is 6.41. The third-order valence-electron chi connectivity index (χ3n) is 4.87. The summed E-state index contributed by atoms with van der Waals surface area (Å²) in [5.74, 6) is 1.72. The minimum Gasteiger partial charge on any atom is -0.354 e. The summed E-state index contributed by atoms with van der Waals surface area (Å²) in [4.78, 5) is 7.00. The van der Waals surface area contributed by atoms with Gasteiger partial charge >= 0.3 is 0 Å². The molecule has 0 unspecified atom stereocenters. The van der Waals surface area contributed by atoms with E-state index in [-0.39, 0.29) is 0 Å². The zero-order valence-corrected chi connectivity index (χ0v) is 13.4. The molecule has 118 valence electrons. The van der Waals surface area contributed by atoms with E-state index in [9.17, 15) is 0 Å². The summed E-state index contributed by atoms with van der Waals surface area (Å²) in [6.07, 6.45) is 2.51. The van der Waals surface area contributed by atoms with Gasteiger partial charge < -0.3 is 10.2 Å². The fraction of sp³-hybridized carbons (Fsp3) is 0.350. The van der Waals surface area contributed by atoms with Gasteiger partial charge in [-0.3, -0.25) is 4.99 Å². The average molecular weight is 305 g/mol. The zero-order valence-electron chi connectivity index (χ0n) is 13.4. The minimum atomic E-state index is 0.610. The summed E-state index contributed by atoms with van der Waals surface area (Å²) in [5, 5.41) is 3.40. The number of hydrogen-bond donors (Lipinski definition) is 1. The van der Waals surface area contributed by atoms with Crippen molar-refractivity contribution in [1.29, 1.82) is 0 Å². The summed E-state index contributed by atoms with van der Waals surface area (Å²) < 4.78 is 0. The van der Waals surface area contributed by atoms with E-state index in [1.807, 2.05) is 0 Å². The molecule has 0 spiro atoms. The Morgan fingerprint density at radius 1 is 0.957 bits per heavy atom. The predicted octanol–water partition coefficient (Wildman–Crippen LogP) is 3.49. The first kappa shape index (κ1) is 14.3. The summed E-state index contributed by atoms with van der Waals surface area (Å²) in [6.45, 7) is 4.12. The number of benzene rings is 2. The van der Waals surface area contributed by atoms with Gasteiger partial charge in [-0.1, -0.05) is 54.6 Å². The summed E-state index contributed by atoms with van der Waals surface area (Å²) in [5.41, 5.74) is 4.03. The molecule has 1 N–H and O–H groups in total. The fourth-order valence-electron chi connectivity index (χ4n) is 3.62. The van der Waals surface area contributed by atoms with Crippen molar-refractivity contribution in [3.63, 3.8) is 0 Å². The lowest BCUT2D eigenvalue weighted by atomic mass is 9.89. The van der Waals surface area contributed by atoms with Crippen molar-refractivity contribution in [3.05, 3.63) is 60.2 Å². The molecule has 23 heavy (non-hydrogen) atoms. The van der Waals surface area contributed by atoms with Crippen molar-refractivity contribution in [1.82, 2.24) is 10.2 Å². The Morgan fingerprint density at radius 3 is 2.48 bits per heavy atom. The van der Waals surface area contributed by atoms with Crippen LogP contribution in [0, 0.1) is 0 Å². The summed E-state index contributed by atoms with van der Waals surface area (Å²) in [7, 11) is 0. The predicted molar refractivity (Wildman–Crippen MR) is 95.7 cm³/mol. The van der Waals surface area contributed by atoms with E-state index in [2.05, 4.69) is 69.8 Å². The van der Waals surface area contributed by atoms with E-state index in [4.69, 9.17) is 0 Å². The van der Waals surface area contributed by atoms with Crippen LogP contribution < -0.4 is 5.32 Å². The maximum absolute atomic E-state index is 4.57. The molecular formula is C20H23N3. The van der Waals surface area contributed by atoms with Gasteiger partial charge in [-0.25, -0.2) is 0 Å². The third kappa shape index (κ3) is 3.09. The molecule has 2 aromatic rings. The summed E-state index contributed by atoms with van der Waals surface area (Å²) >= 11 is 0. The van der Waals surface area contributed by atoms with Gasteiger partial charge in [0.15, 0.2) is 5.96 Å². The molecule has 1 atom stereocenters. The van der Waals surface area contributed by atoms with Gasteiger partial charge in [0, 0.05) is 25.6 Å². The van der Waals surface area contributed by atoms with Crippen molar-refractivity contribution >= 4 is 5.96 Å². The number of guanidine groups is 1. The van der Waals surface area contributed by atoms with Crippen LogP contribution in [-0.2, 0) is 0 Å². The molecule has 2 aliphatic heterocycles. The van der Waals surface area contributed by atoms with Crippen LogP contribution in [0.15, 0.2) is 59.6 Å². The van der Waals surface area contributed by atoms with E-state index in [0.29, 0.717) is 5.92 Å². The molecular weight excluding hydrogens is 282 g/mol. The highest BCUT2D eigenvalue weighted by molar-refractivity contribution is 5.81. The third-order valence-corrected chi connectivity index (χ3v) is 4.87. The van der Waals surface area contributed by atoms with Crippen molar-refractivity contribution in [2.75, 3.05) is 26.2 Å². The molecule has 4 rings (SSSR count). The first-order valence-electron chi connectivity index (χ1n) is 8.59. The van der Waals surface area contributed by atoms with Gasteiger partial charge in [-0.15, -0.1) is 0 Å². The van der Waals surface area contributed by atoms with Gasteiger partial charge in [-0.05, 0) is 29.5 Å². The Morgan fingerprint density at radius 2 is 1.74 bits per heavy atom. The zero-order chi connectivity index (χ0) is 15.5. The van der Waals surface area contributed by atoms with E-state index in [1.54, 1.807) is 0 Å². The highest BCUT2D eigenvalue weighted by Gasteiger charge is 2.24. The molecule has 0 aliphatic carbocycles. The SMILES string of the molecule is c1ccc(-c2ccc([C@H]3CCCN(C4=NCCN4)C3)cc2)cc1. The van der Waals surface area contributed by atoms with Gasteiger partial charge in [-0.2, -0.15) is 0 Å². The molecule has 2 heterocycles. The van der Waals surface area contributed by atoms with Crippen LogP contribution in [0.4, 0.5) is 0 Å². The van der Waals surface area contributed by atoms with E-state index in [1.165, 1.54) is 29.5 Å². The molecule has 2 aromatic carbocycles. The van der Waals surface area contributed by atoms with Gasteiger partial charge in [0.1, 0.15) is 0 Å². The Hall–Kier alpha value is -2.29. The molecule has 0 aromatic heterocycles. The van der Waals surface area contributed by atoms with Crippen LogP contribution in [-0.4, -0.2) is 37.0 Å². The maximum atomic E-state index is 4.57. The Labute approximate surface area is 138 Å². The average Bonchev–Trinajstić information content (AvgIpc) is 3.18. The monoisotopic (exact) mass is 305 g/mol. The number of rotatable bonds is 2. The number of hydrogen-bond acceptors (Lipinski definition) is 3. The normalized spacial score (nSPS) is 21.0. The molecule has 3 nitrogen and oxygen atoms in total. The molecule has 0 bridgehead atoms. The summed E-state index contributed by atoms with van der Waals surface area (Å²) in [6, 6.07) is 19.7. The van der Waals surface area contributed by atoms with E-state index < -0.39 is 0 Å². The molecule has 3 heteroatoms. The number of nitrogens with zero attached hydrogens (tertiary/aromatic N) is 2. The lowest BCUT2D eigenvalue weighted by Gasteiger charge is -2.34. The largest absolute Gasteiger partial charge is 0.354 e. The van der Waals surface area contributed by atoms with Crippen molar-refractivity contribution < 1.29 is 0 Å². The first-order valence-corrected chi connectivity index (χ1v) is 8.59. The highest BCUT2D eigenvalue weighted by atomic mass is 15.3. The first-order chi connectivity index (χ1) is 11.4. The van der Waals surface area contributed by atoms with Crippen molar-refractivity contribution in [2.24, 2.45) is 4.99 Å². The van der Waals surface area contributed by atoms with Gasteiger partial charge in [0.25, 0.3) is 0 Å². The second-order valence-corrected chi connectivity index (χ2v) is 6.41. The number of piperidine rings is 1. The molecule has 2 aliphatic rings. The number of nitrogens with one attached hydrogen (secondary N) is 1. The Kier molecular flexibility index (Phi) is 4.01. The van der Waals surface area contributed by atoms with E-state index >= 15 is 0 Å². The molecule has 0 saturated carbocycles. The standard InChI is InChI=1S/C20H23N3/c1-2-5-16(6-3-1)17-8-10-18(11-9-17)19-7-4-14-23(15-19)20-21-12-13-22-20/h1-3,5-6,8-11,19H,4,7,12-15H2,(H,21,22)/t19-/m0/s1. The van der Waals surface area contributed by atoms with Crippen LogP contribution >= 0.6 is 0 Å². The van der Waals surface area contributed by atoms with Gasteiger partial charge in [0.05, 0.1) is 6.54 Å². The van der Waals surface area contributed by atoms with Crippen LogP contribution in [0.3, 0.4) is 0 Å². The van der Waals surface area contributed by atoms with Crippen molar-refractivity contribution in [2.45, 2.75) is 18.8 Å². The number of aliphatic imine (C=N–C) groups is 1. The molecule has 1 fully saturated rings. The molecule has 0 amide bonds. The Balaban J connectivity index is 1.49. The lowest BCUT2D eigenvalue weighted by molar-refractivity contribution is 0.303. The van der Waals surface area contributed by atoms with Crippen LogP contribution in [0.5, 0.6) is 0 Å². The topological polar surface area (TPSA) is 27.6 Å². The number of likely N-dealkylation sites (tertiary alicyclic amines) is 1. The van der Waals surface area contributed by atoms with Crippen LogP contribution in [0.2, 0.25) is 0 Å². The lowest BCUT2D eigenvalue weighted by Crippen LogP contribution is -2.44. The Bertz CT molecular complexity index is 676. The quantitative estimate of drug-likeness (QED) is 0.919. The van der Waals surface area contributed by atoms with Crippen LogP contribution in [0.1, 0.15) is 24.3 Å². The minimum absolute atomic E-state index is 0.610. The smallest absolute Gasteiger partial charge is 0.194 e. The maximum Gasteiger partial charge on any atom is 0.194 e. The molecule has 0 radical (unpaired) electrons. The molecule has 1 saturated heterocycles. The highest BCUT2D eigenvalue weighted by Crippen LogP contribution is 2.29. The van der Waals surface area contributed by atoms with Crippen molar-refractivity contribution in [3.8, 4) is 11.1 Å². The van der Waals surface area contributed by atoms with E-state index in [0.717, 1.165) is 32.1 Å².